The lowest BCUT2D eigenvalue weighted by atomic mass is 10.0. The molecule has 0 radical (unpaired) electrons. The number of carbonyl (C=O) groups excluding carboxylic acids is 2. The van der Waals surface area contributed by atoms with E-state index in [0.29, 0.717) is 48.9 Å². The van der Waals surface area contributed by atoms with Crippen LogP contribution in [0.15, 0.2) is 47.4 Å². The van der Waals surface area contributed by atoms with Crippen LogP contribution < -0.4 is 9.80 Å². The molecule has 1 saturated heterocycles. The number of rotatable bonds is 4. The highest BCUT2D eigenvalue weighted by Gasteiger charge is 2.37. The van der Waals surface area contributed by atoms with Crippen molar-refractivity contribution < 1.29 is 27.5 Å². The Bertz CT molecular complexity index is 1230. The average Bonchev–Trinajstić information content (AvgIpc) is 3.70. The molecule has 2 fully saturated rings. The Labute approximate surface area is 205 Å². The number of nitrogens with zero attached hydrogens (tertiary/aromatic N) is 2. The number of fused-ring (bicyclic) bond motifs is 1. The zero-order valence-electron chi connectivity index (χ0n) is 20.0. The third-order valence-corrected chi connectivity index (χ3v) is 9.17. The molecule has 2 aromatic carbocycles. The van der Waals surface area contributed by atoms with Gasteiger partial charge in [0.25, 0.3) is 0 Å². The van der Waals surface area contributed by atoms with Gasteiger partial charge in [-0.3, -0.25) is 9.69 Å². The lowest BCUT2D eigenvalue weighted by Crippen LogP contribution is -2.52. The summed E-state index contributed by atoms with van der Waals surface area (Å²) in [6, 6.07) is 12.2. The molecule has 0 unspecified atom stereocenters. The van der Waals surface area contributed by atoms with Crippen molar-refractivity contribution in [1.82, 2.24) is 0 Å². The van der Waals surface area contributed by atoms with Crippen LogP contribution in [0.1, 0.15) is 39.5 Å². The van der Waals surface area contributed by atoms with E-state index in [-0.39, 0.29) is 23.3 Å². The summed E-state index contributed by atoms with van der Waals surface area (Å²) >= 11 is 0. The van der Waals surface area contributed by atoms with Gasteiger partial charge >= 0.3 is 6.09 Å². The zero-order chi connectivity index (χ0) is 24.7. The van der Waals surface area contributed by atoms with Gasteiger partial charge in [-0.15, -0.1) is 0 Å². The summed E-state index contributed by atoms with van der Waals surface area (Å²) < 4.78 is 36.2. The Kier molecular flexibility index (Phi) is 6.31. The Morgan fingerprint density at radius 2 is 1.60 bits per heavy atom. The molecule has 8 nitrogen and oxygen atoms in total. The van der Waals surface area contributed by atoms with Crippen LogP contribution in [0.4, 0.5) is 16.2 Å². The highest BCUT2D eigenvalue weighted by Crippen LogP contribution is 2.40. The van der Waals surface area contributed by atoms with Crippen LogP contribution >= 0.6 is 0 Å². The first-order valence-electron chi connectivity index (χ1n) is 12.1. The third-order valence-electron chi connectivity index (χ3n) is 6.89. The smallest absolute Gasteiger partial charge is 0.414 e. The molecule has 9 heteroatoms. The van der Waals surface area contributed by atoms with Gasteiger partial charge < -0.3 is 14.4 Å². The normalized spacial score (nSPS) is 20.9. The molecule has 1 atom stereocenters. The molecule has 2 heterocycles. The van der Waals surface area contributed by atoms with Gasteiger partial charge in [0.2, 0.25) is 5.91 Å². The van der Waals surface area contributed by atoms with Crippen LogP contribution in [0.2, 0.25) is 0 Å². The van der Waals surface area contributed by atoms with E-state index in [1.807, 2.05) is 25.1 Å². The maximum absolute atomic E-state index is 13.2. The van der Waals surface area contributed by atoms with Crippen LogP contribution in [0, 0.1) is 0 Å². The Hall–Kier alpha value is -2.91. The van der Waals surface area contributed by atoms with Gasteiger partial charge in [0, 0.05) is 26.3 Å². The molecule has 3 aliphatic rings. The fraction of sp³-hybridized carbons (Fsp3) is 0.462. The van der Waals surface area contributed by atoms with Crippen molar-refractivity contribution in [2.45, 2.75) is 61.8 Å². The highest BCUT2D eigenvalue weighted by molar-refractivity contribution is 7.92. The van der Waals surface area contributed by atoms with Crippen LogP contribution in [0.25, 0.3) is 11.1 Å². The molecular weight excluding hydrogens is 468 g/mol. The summed E-state index contributed by atoms with van der Waals surface area (Å²) in [6.45, 7) is 4.88. The van der Waals surface area contributed by atoms with E-state index < -0.39 is 15.9 Å². The van der Waals surface area contributed by atoms with Gasteiger partial charge in [0.1, 0.15) is 6.10 Å². The number of hydrogen-bond acceptors (Lipinski definition) is 6. The van der Waals surface area contributed by atoms with Crippen molar-refractivity contribution in [3.05, 3.63) is 42.5 Å². The standard InChI is InChI=1S/C26H30N2O6S/c1-17-16-27(26(30)34-21-11-13-33-14-12-21)25-15-20(5-10-24(25)28(17)18(2)29)19-3-6-22(7-4-19)35(31,32)23-8-9-23/h3-7,10,15,17,21,23H,8-9,11-14,16H2,1-2H3/t17-/m0/s1. The fourth-order valence-electron chi connectivity index (χ4n) is 4.87. The van der Waals surface area contributed by atoms with Crippen molar-refractivity contribution in [3.63, 3.8) is 0 Å². The summed E-state index contributed by atoms with van der Waals surface area (Å²) in [7, 11) is -3.26. The average molecular weight is 499 g/mol. The van der Waals surface area contributed by atoms with Crippen molar-refractivity contribution >= 4 is 33.2 Å². The molecule has 0 spiro atoms. The molecular formula is C26H30N2O6S. The molecule has 2 aliphatic heterocycles. The zero-order valence-corrected chi connectivity index (χ0v) is 20.8. The maximum atomic E-state index is 13.2. The lowest BCUT2D eigenvalue weighted by Gasteiger charge is -2.41. The van der Waals surface area contributed by atoms with E-state index in [9.17, 15) is 18.0 Å². The maximum Gasteiger partial charge on any atom is 0.414 e. The van der Waals surface area contributed by atoms with E-state index >= 15 is 0 Å². The van der Waals surface area contributed by atoms with Crippen molar-refractivity contribution in [2.24, 2.45) is 0 Å². The molecule has 2 amide bonds. The summed E-state index contributed by atoms with van der Waals surface area (Å²) in [5.41, 5.74) is 2.90. The number of ether oxygens (including phenoxy) is 2. The van der Waals surface area contributed by atoms with E-state index in [0.717, 1.165) is 24.0 Å². The second-order valence-electron chi connectivity index (χ2n) is 9.52. The highest BCUT2D eigenvalue weighted by atomic mass is 32.2. The lowest BCUT2D eigenvalue weighted by molar-refractivity contribution is -0.117. The van der Waals surface area contributed by atoms with Crippen molar-refractivity contribution in [1.29, 1.82) is 0 Å². The summed E-state index contributed by atoms with van der Waals surface area (Å²) in [6.07, 6.45) is 2.15. The van der Waals surface area contributed by atoms with E-state index in [1.54, 1.807) is 34.1 Å². The summed E-state index contributed by atoms with van der Waals surface area (Å²) in [5.74, 6) is -0.0985. The van der Waals surface area contributed by atoms with Crippen LogP contribution in [0.3, 0.4) is 0 Å². The van der Waals surface area contributed by atoms with Crippen molar-refractivity contribution in [2.75, 3.05) is 29.6 Å². The Morgan fingerprint density at radius 3 is 2.23 bits per heavy atom. The molecule has 0 bridgehead atoms. The minimum atomic E-state index is -3.26. The molecule has 5 rings (SSSR count). The Morgan fingerprint density at radius 1 is 0.943 bits per heavy atom. The predicted molar refractivity (Wildman–Crippen MR) is 132 cm³/mol. The molecule has 1 saturated carbocycles. The van der Waals surface area contributed by atoms with Gasteiger partial charge in [-0.1, -0.05) is 18.2 Å². The predicted octanol–water partition coefficient (Wildman–Crippen LogP) is 4.17. The SMILES string of the molecule is CC(=O)N1c2ccc(-c3ccc(S(=O)(=O)C4CC4)cc3)cc2N(C(=O)OC2CCOCC2)C[C@@H]1C. The van der Waals surface area contributed by atoms with Crippen LogP contribution in [-0.2, 0) is 24.1 Å². The van der Waals surface area contributed by atoms with Crippen LogP contribution in [-0.4, -0.2) is 57.6 Å². The summed E-state index contributed by atoms with van der Waals surface area (Å²) in [4.78, 5) is 29.3. The van der Waals surface area contributed by atoms with Crippen LogP contribution in [0.5, 0.6) is 0 Å². The van der Waals surface area contributed by atoms with Gasteiger partial charge in [0.15, 0.2) is 9.84 Å². The first-order valence-corrected chi connectivity index (χ1v) is 13.6. The van der Waals surface area contributed by atoms with E-state index in [4.69, 9.17) is 9.47 Å². The first-order chi connectivity index (χ1) is 16.8. The number of hydrogen-bond donors (Lipinski definition) is 0. The van der Waals surface area contributed by atoms with Gasteiger partial charge in [0.05, 0.1) is 40.8 Å². The second kappa shape index (κ2) is 9.28. The fourth-order valence-corrected chi connectivity index (χ4v) is 6.52. The van der Waals surface area contributed by atoms with E-state index in [2.05, 4.69) is 0 Å². The quantitative estimate of drug-likeness (QED) is 0.628. The molecule has 2 aromatic rings. The molecule has 35 heavy (non-hydrogen) atoms. The molecule has 0 N–H and O–H groups in total. The summed E-state index contributed by atoms with van der Waals surface area (Å²) in [5, 5.41) is -0.257. The number of benzene rings is 2. The number of anilines is 2. The third kappa shape index (κ3) is 4.67. The number of sulfone groups is 1. The molecule has 0 aromatic heterocycles. The minimum absolute atomic E-state index is 0.0985. The van der Waals surface area contributed by atoms with Gasteiger partial charge in [-0.25, -0.2) is 13.2 Å². The largest absolute Gasteiger partial charge is 0.446 e. The minimum Gasteiger partial charge on any atom is -0.446 e. The monoisotopic (exact) mass is 498 g/mol. The Balaban J connectivity index is 1.47. The number of carbonyl (C=O) groups is 2. The first kappa shape index (κ1) is 23.8. The number of amides is 2. The van der Waals surface area contributed by atoms with Gasteiger partial charge in [-0.2, -0.15) is 0 Å². The van der Waals surface area contributed by atoms with E-state index in [1.165, 1.54) is 6.92 Å². The second-order valence-corrected chi connectivity index (χ2v) is 11.7. The van der Waals surface area contributed by atoms with Crippen molar-refractivity contribution in [3.8, 4) is 11.1 Å². The topological polar surface area (TPSA) is 93.2 Å². The molecule has 186 valence electrons. The van der Waals surface area contributed by atoms with Gasteiger partial charge in [-0.05, 0) is 55.2 Å². The molecule has 1 aliphatic carbocycles.